The minimum absolute atomic E-state index is 0.0499. The van der Waals surface area contributed by atoms with Crippen molar-refractivity contribution in [3.8, 4) is 0 Å². The lowest BCUT2D eigenvalue weighted by Gasteiger charge is -2.28. The normalized spacial score (nSPS) is 17.5. The van der Waals surface area contributed by atoms with Crippen LogP contribution in [0.1, 0.15) is 11.5 Å². The number of benzene rings is 1. The van der Waals surface area contributed by atoms with Gasteiger partial charge in [-0.25, -0.2) is 9.59 Å². The molecule has 1 aliphatic rings. The summed E-state index contributed by atoms with van der Waals surface area (Å²) in [7, 11) is 1.96. The third-order valence-corrected chi connectivity index (χ3v) is 3.76. The van der Waals surface area contributed by atoms with E-state index in [1.807, 2.05) is 0 Å². The quantitative estimate of drug-likeness (QED) is 0.820. The molecule has 134 valence electrons. The maximum atomic E-state index is 13.3. The van der Waals surface area contributed by atoms with E-state index < -0.39 is 41.0 Å². The molecule has 0 bridgehead atoms. The predicted molar refractivity (Wildman–Crippen MR) is 81.9 cm³/mol. The van der Waals surface area contributed by atoms with Crippen LogP contribution in [0.25, 0.3) is 0 Å². The first-order valence-corrected chi connectivity index (χ1v) is 7.16. The van der Waals surface area contributed by atoms with Gasteiger partial charge in [0.1, 0.15) is 5.70 Å². The number of carbonyl (C=O) groups excluding carboxylic acids is 2. The van der Waals surface area contributed by atoms with Gasteiger partial charge in [0.15, 0.2) is 5.71 Å². The maximum absolute atomic E-state index is 13.3. The van der Waals surface area contributed by atoms with Crippen LogP contribution in [-0.2, 0) is 19.1 Å². The molecule has 0 spiro atoms. The van der Waals surface area contributed by atoms with E-state index in [-0.39, 0.29) is 10.6 Å². The zero-order chi connectivity index (χ0) is 18.8. The molecule has 0 aromatic heterocycles. The van der Waals surface area contributed by atoms with Crippen molar-refractivity contribution in [3.05, 3.63) is 46.1 Å². The van der Waals surface area contributed by atoms with Crippen LogP contribution in [0.4, 0.5) is 13.2 Å². The van der Waals surface area contributed by atoms with Gasteiger partial charge in [0, 0.05) is 5.02 Å². The van der Waals surface area contributed by atoms with Crippen molar-refractivity contribution in [2.75, 3.05) is 14.2 Å². The summed E-state index contributed by atoms with van der Waals surface area (Å²) in [6, 6.07) is 5.85. The van der Waals surface area contributed by atoms with E-state index in [1.165, 1.54) is 18.2 Å². The number of hydrogen-bond donors (Lipinski definition) is 1. The van der Waals surface area contributed by atoms with Gasteiger partial charge in [0.05, 0.1) is 25.7 Å². The van der Waals surface area contributed by atoms with E-state index in [9.17, 15) is 22.8 Å². The Hall–Kier alpha value is -2.55. The average Bonchev–Trinajstić information content (AvgIpc) is 2.58. The van der Waals surface area contributed by atoms with Gasteiger partial charge in [-0.15, -0.1) is 0 Å². The Bertz CT molecular complexity index is 774. The standard InChI is InChI=1S/C15H12ClF3N2O4/c1-24-13(22)10-9(7-5-3-4-6-8(7)16)11(14(23)25-2)20-21-12(10)15(17,18)19/h3-6,9,21H,1-2H3. The highest BCUT2D eigenvalue weighted by atomic mass is 35.5. The number of methoxy groups -OCH3 is 2. The lowest BCUT2D eigenvalue weighted by atomic mass is 9.84. The van der Waals surface area contributed by atoms with E-state index in [4.69, 9.17) is 11.6 Å². The van der Waals surface area contributed by atoms with Crippen molar-refractivity contribution >= 4 is 29.3 Å². The summed E-state index contributed by atoms with van der Waals surface area (Å²) in [4.78, 5) is 24.1. The van der Waals surface area contributed by atoms with Crippen LogP contribution in [0.15, 0.2) is 40.6 Å². The van der Waals surface area contributed by atoms with E-state index in [2.05, 4.69) is 14.6 Å². The third kappa shape index (κ3) is 3.60. The van der Waals surface area contributed by atoms with Gasteiger partial charge in [-0.2, -0.15) is 18.3 Å². The molecule has 0 radical (unpaired) electrons. The van der Waals surface area contributed by atoms with Gasteiger partial charge < -0.3 is 9.47 Å². The Morgan fingerprint density at radius 1 is 1.16 bits per heavy atom. The molecule has 1 aromatic carbocycles. The van der Waals surface area contributed by atoms with Gasteiger partial charge in [0.25, 0.3) is 0 Å². The van der Waals surface area contributed by atoms with Crippen molar-refractivity contribution in [2.24, 2.45) is 5.10 Å². The molecule has 0 fully saturated rings. The second-order valence-electron chi connectivity index (χ2n) is 4.83. The topological polar surface area (TPSA) is 77.0 Å². The molecule has 1 aromatic rings. The third-order valence-electron chi connectivity index (χ3n) is 3.42. The molecule has 25 heavy (non-hydrogen) atoms. The minimum atomic E-state index is -4.94. The highest BCUT2D eigenvalue weighted by molar-refractivity contribution is 6.41. The molecule has 0 aliphatic carbocycles. The molecular formula is C15H12ClF3N2O4. The summed E-state index contributed by atoms with van der Waals surface area (Å²) >= 11 is 6.06. The molecule has 1 unspecified atom stereocenters. The Morgan fingerprint density at radius 2 is 1.76 bits per heavy atom. The van der Waals surface area contributed by atoms with Crippen molar-refractivity contribution in [1.82, 2.24) is 5.43 Å². The molecule has 0 amide bonds. The smallest absolute Gasteiger partial charge is 0.433 e. The first kappa shape index (κ1) is 18.8. The number of esters is 2. The number of nitrogens with zero attached hydrogens (tertiary/aromatic N) is 1. The van der Waals surface area contributed by atoms with Crippen LogP contribution in [0.2, 0.25) is 5.02 Å². The Morgan fingerprint density at radius 3 is 2.28 bits per heavy atom. The molecular weight excluding hydrogens is 365 g/mol. The summed E-state index contributed by atoms with van der Waals surface area (Å²) in [5.41, 5.74) is -0.936. The molecule has 0 saturated heterocycles. The van der Waals surface area contributed by atoms with E-state index >= 15 is 0 Å². The van der Waals surface area contributed by atoms with Crippen molar-refractivity contribution < 1.29 is 32.2 Å². The van der Waals surface area contributed by atoms with Crippen molar-refractivity contribution in [3.63, 3.8) is 0 Å². The van der Waals surface area contributed by atoms with Crippen LogP contribution < -0.4 is 5.43 Å². The zero-order valence-electron chi connectivity index (χ0n) is 13.0. The number of rotatable bonds is 3. The fourth-order valence-electron chi connectivity index (χ4n) is 2.35. The summed E-state index contributed by atoms with van der Waals surface area (Å²) in [5.74, 6) is -3.80. The lowest BCUT2D eigenvalue weighted by molar-refractivity contribution is -0.138. The average molecular weight is 377 g/mol. The summed E-state index contributed by atoms with van der Waals surface area (Å²) in [6.07, 6.45) is -4.94. The van der Waals surface area contributed by atoms with Crippen LogP contribution in [0.5, 0.6) is 0 Å². The predicted octanol–water partition coefficient (Wildman–Crippen LogP) is 2.55. The molecule has 2 rings (SSSR count). The molecule has 1 heterocycles. The Kier molecular flexibility index (Phi) is 5.36. The van der Waals surface area contributed by atoms with Crippen LogP contribution in [0.3, 0.4) is 0 Å². The monoisotopic (exact) mass is 376 g/mol. The maximum Gasteiger partial charge on any atom is 0.433 e. The summed E-state index contributed by atoms with van der Waals surface area (Å²) < 4.78 is 49.1. The number of alkyl halides is 3. The zero-order valence-corrected chi connectivity index (χ0v) is 13.7. The van der Waals surface area contributed by atoms with Gasteiger partial charge in [-0.1, -0.05) is 29.8 Å². The SMILES string of the molecule is COC(=O)C1=NNC(C(F)(F)F)=C(C(=O)OC)C1c1ccccc1Cl. The highest BCUT2D eigenvalue weighted by Gasteiger charge is 2.47. The van der Waals surface area contributed by atoms with Gasteiger partial charge in [0.2, 0.25) is 0 Å². The molecule has 10 heteroatoms. The van der Waals surface area contributed by atoms with Crippen LogP contribution >= 0.6 is 11.6 Å². The van der Waals surface area contributed by atoms with E-state index in [0.717, 1.165) is 14.2 Å². The second-order valence-corrected chi connectivity index (χ2v) is 5.24. The first-order valence-electron chi connectivity index (χ1n) is 6.78. The summed E-state index contributed by atoms with van der Waals surface area (Å²) in [6.45, 7) is 0. The highest BCUT2D eigenvalue weighted by Crippen LogP contribution is 2.40. The number of ether oxygens (including phenoxy) is 2. The fraction of sp³-hybridized carbons (Fsp3) is 0.267. The molecule has 1 aliphatic heterocycles. The molecule has 6 nitrogen and oxygen atoms in total. The molecule has 0 saturated carbocycles. The summed E-state index contributed by atoms with van der Waals surface area (Å²) in [5, 5.41) is 3.51. The van der Waals surface area contributed by atoms with Gasteiger partial charge >= 0.3 is 18.1 Å². The van der Waals surface area contributed by atoms with Gasteiger partial charge in [-0.05, 0) is 11.6 Å². The molecule has 1 N–H and O–H groups in total. The number of hydrogen-bond acceptors (Lipinski definition) is 6. The second kappa shape index (κ2) is 7.14. The van der Waals surface area contributed by atoms with Crippen LogP contribution in [0, 0.1) is 0 Å². The number of allylic oxidation sites excluding steroid dienone is 1. The minimum Gasteiger partial charge on any atom is -0.466 e. The Balaban J connectivity index is 2.78. The van der Waals surface area contributed by atoms with Crippen LogP contribution in [-0.4, -0.2) is 38.0 Å². The number of carbonyl (C=O) groups is 2. The first-order chi connectivity index (χ1) is 11.7. The number of halogens is 4. The van der Waals surface area contributed by atoms with E-state index in [0.29, 0.717) is 0 Å². The number of nitrogens with one attached hydrogen (secondary N) is 1. The lowest BCUT2D eigenvalue weighted by Crippen LogP contribution is -2.40. The Labute approximate surface area is 145 Å². The largest absolute Gasteiger partial charge is 0.466 e. The number of hydrazone groups is 1. The van der Waals surface area contributed by atoms with Gasteiger partial charge in [-0.3, -0.25) is 5.43 Å². The van der Waals surface area contributed by atoms with E-state index in [1.54, 1.807) is 11.5 Å². The molecule has 1 atom stereocenters. The van der Waals surface area contributed by atoms with Crippen molar-refractivity contribution in [1.29, 1.82) is 0 Å². The fourth-order valence-corrected chi connectivity index (χ4v) is 2.59. The van der Waals surface area contributed by atoms with Crippen molar-refractivity contribution in [2.45, 2.75) is 12.1 Å².